The van der Waals surface area contributed by atoms with E-state index in [9.17, 15) is 19.5 Å². The third-order valence-corrected chi connectivity index (χ3v) is 13.0. The highest BCUT2D eigenvalue weighted by molar-refractivity contribution is 6.09. The second-order valence-corrected chi connectivity index (χ2v) is 16.5. The summed E-state index contributed by atoms with van der Waals surface area (Å²) in [6, 6.07) is 18.5. The zero-order valence-electron chi connectivity index (χ0n) is 34.4. The molecule has 7 heterocycles. The summed E-state index contributed by atoms with van der Waals surface area (Å²) in [5.41, 5.74) is 4.92. The highest BCUT2D eigenvalue weighted by Crippen LogP contribution is 2.39. The molecule has 3 N–H and O–H groups in total. The number of nitrogens with zero attached hydrogens (tertiary/aromatic N) is 11. The lowest BCUT2D eigenvalue weighted by molar-refractivity contribution is -0.120. The lowest BCUT2D eigenvalue weighted by atomic mass is 9.98. The van der Waals surface area contributed by atoms with Crippen LogP contribution < -0.4 is 30.9 Å². The van der Waals surface area contributed by atoms with Crippen molar-refractivity contribution in [1.82, 2.24) is 44.3 Å². The monoisotopic (exact) mass is 823 g/mol. The number of benzene rings is 2. The fourth-order valence-corrected chi connectivity index (χ4v) is 9.51. The highest BCUT2D eigenvalue weighted by atomic mass is 16.3. The van der Waals surface area contributed by atoms with E-state index in [1.165, 1.54) is 0 Å². The number of anilines is 5. The molecule has 10 rings (SSSR count). The van der Waals surface area contributed by atoms with Gasteiger partial charge in [-0.1, -0.05) is 19.1 Å². The molecular weight excluding hydrogens is 775 g/mol. The molecule has 0 spiro atoms. The first-order valence-electron chi connectivity index (χ1n) is 21.1. The molecule has 3 saturated heterocycles. The Morgan fingerprint density at radius 2 is 1.74 bits per heavy atom. The van der Waals surface area contributed by atoms with Gasteiger partial charge in [-0.2, -0.15) is 10.1 Å². The van der Waals surface area contributed by atoms with E-state index in [4.69, 9.17) is 9.97 Å². The van der Waals surface area contributed by atoms with Gasteiger partial charge < -0.3 is 20.2 Å². The van der Waals surface area contributed by atoms with Crippen molar-refractivity contribution in [3.05, 3.63) is 95.1 Å². The van der Waals surface area contributed by atoms with Crippen molar-refractivity contribution in [2.24, 2.45) is 7.05 Å². The molecule has 0 saturated carbocycles. The Balaban J connectivity index is 0.787. The molecule has 1 aliphatic carbocycles. The first-order chi connectivity index (χ1) is 29.6. The van der Waals surface area contributed by atoms with Crippen molar-refractivity contribution in [3.8, 4) is 5.82 Å². The minimum atomic E-state index is -0.995. The van der Waals surface area contributed by atoms with Crippen molar-refractivity contribution in [1.29, 1.82) is 0 Å². The van der Waals surface area contributed by atoms with Gasteiger partial charge in [-0.05, 0) is 79.8 Å². The van der Waals surface area contributed by atoms with Gasteiger partial charge in [0.05, 0.1) is 17.8 Å². The second kappa shape index (κ2) is 15.1. The molecule has 3 aliphatic heterocycles. The number of aromatic nitrogens is 7. The standard InChI is InChI=1S/C44H49N13O4/c1-4-18-56-41(59)34-26-45-42(49-39(34)57(56)36-13-6-28-14-17-44(61,5-2)38(28)47-36)46-29-7-9-30(10-8-29)52-21-23-53(24-22-52)32-15-19-54(27-32)31-11-12-33-35(25-31)51(3)50-40(33)55-20-16-37(58)48-43(55)60/h4,6-13,25-26,32,61H,1,5,14-24,27H2,2-3H3,(H,45,46,49)(H,48,58,60)/t32?,44-/m1/s1. The summed E-state index contributed by atoms with van der Waals surface area (Å²) >= 11 is 0. The third kappa shape index (κ3) is 6.77. The van der Waals surface area contributed by atoms with Crippen molar-refractivity contribution >= 4 is 62.7 Å². The van der Waals surface area contributed by atoms with Crippen LogP contribution in [0.5, 0.6) is 0 Å². The van der Waals surface area contributed by atoms with E-state index < -0.39 is 11.6 Å². The van der Waals surface area contributed by atoms with Gasteiger partial charge in [-0.25, -0.2) is 24.1 Å². The van der Waals surface area contributed by atoms with Crippen LogP contribution in [0.4, 0.5) is 33.6 Å². The number of allylic oxidation sites excluding steroid dienone is 1. The molecular formula is C44H49N13O4. The minimum absolute atomic E-state index is 0.242. The van der Waals surface area contributed by atoms with E-state index in [1.807, 2.05) is 49.0 Å². The van der Waals surface area contributed by atoms with Gasteiger partial charge in [0.2, 0.25) is 11.9 Å². The molecule has 17 nitrogen and oxygen atoms in total. The van der Waals surface area contributed by atoms with E-state index >= 15 is 0 Å². The van der Waals surface area contributed by atoms with E-state index in [0.29, 0.717) is 59.7 Å². The Hall–Kier alpha value is -6.59. The van der Waals surface area contributed by atoms with Gasteiger partial charge in [-0.3, -0.25) is 29.4 Å². The Bertz CT molecular complexity index is 2770. The van der Waals surface area contributed by atoms with Gasteiger partial charge >= 0.3 is 6.03 Å². The number of pyridine rings is 1. The van der Waals surface area contributed by atoms with Gasteiger partial charge in [-0.15, -0.1) is 6.58 Å². The Morgan fingerprint density at radius 3 is 2.51 bits per heavy atom. The molecule has 3 fully saturated rings. The summed E-state index contributed by atoms with van der Waals surface area (Å²) in [5, 5.41) is 22.9. The van der Waals surface area contributed by atoms with Crippen LogP contribution in [0.15, 0.2) is 78.2 Å². The van der Waals surface area contributed by atoms with Crippen LogP contribution in [-0.2, 0) is 30.4 Å². The largest absolute Gasteiger partial charge is 0.384 e. The molecule has 2 aromatic carbocycles. The summed E-state index contributed by atoms with van der Waals surface area (Å²) in [7, 11) is 1.89. The molecule has 0 bridgehead atoms. The molecule has 314 valence electrons. The molecule has 1 unspecified atom stereocenters. The van der Waals surface area contributed by atoms with Crippen molar-refractivity contribution in [2.45, 2.75) is 57.2 Å². The number of carbonyl (C=O) groups is 2. The fraction of sp³-hybridized carbons (Fsp3) is 0.386. The number of rotatable bonds is 10. The van der Waals surface area contributed by atoms with Crippen molar-refractivity contribution < 1.29 is 14.7 Å². The summed E-state index contributed by atoms with van der Waals surface area (Å²) in [4.78, 5) is 61.0. The fourth-order valence-electron chi connectivity index (χ4n) is 9.51. The lowest BCUT2D eigenvalue weighted by Gasteiger charge is -2.39. The molecule has 17 heteroatoms. The average Bonchev–Trinajstić information content (AvgIpc) is 4.05. The molecule has 2 atom stereocenters. The van der Waals surface area contributed by atoms with E-state index in [2.05, 4.69) is 66.3 Å². The third-order valence-electron chi connectivity index (χ3n) is 13.0. The van der Waals surface area contributed by atoms with Crippen molar-refractivity contribution in [2.75, 3.05) is 65.8 Å². The highest BCUT2D eigenvalue weighted by Gasteiger charge is 2.37. The second-order valence-electron chi connectivity index (χ2n) is 16.5. The number of aryl methyl sites for hydroxylation is 2. The number of aliphatic hydroxyl groups is 1. The van der Waals surface area contributed by atoms with Gasteiger partial charge in [0.1, 0.15) is 11.0 Å². The zero-order valence-corrected chi connectivity index (χ0v) is 34.4. The number of urea groups is 1. The molecule has 61 heavy (non-hydrogen) atoms. The maximum absolute atomic E-state index is 13.5. The molecule has 4 aliphatic rings. The maximum atomic E-state index is 13.5. The zero-order chi connectivity index (χ0) is 42.0. The van der Waals surface area contributed by atoms with Crippen LogP contribution in [0, 0.1) is 0 Å². The number of hydrogen-bond donors (Lipinski definition) is 3. The minimum Gasteiger partial charge on any atom is -0.384 e. The molecule has 6 aromatic rings. The summed E-state index contributed by atoms with van der Waals surface area (Å²) in [6.07, 6.45) is 6.50. The lowest BCUT2D eigenvalue weighted by Crippen LogP contribution is -2.51. The predicted octanol–water partition coefficient (Wildman–Crippen LogP) is 4.18. The van der Waals surface area contributed by atoms with Gasteiger partial charge in [0.15, 0.2) is 17.3 Å². The molecule has 3 amide bonds. The quantitative estimate of drug-likeness (QED) is 0.169. The van der Waals surface area contributed by atoms with Crippen LogP contribution in [0.2, 0.25) is 0 Å². The number of imide groups is 1. The number of carbonyl (C=O) groups excluding carboxylic acids is 2. The average molecular weight is 824 g/mol. The summed E-state index contributed by atoms with van der Waals surface area (Å²) in [5.74, 6) is 1.17. The Labute approximate surface area is 351 Å². The van der Waals surface area contributed by atoms with Crippen LogP contribution >= 0.6 is 0 Å². The number of amides is 3. The number of piperazine rings is 1. The van der Waals surface area contributed by atoms with Crippen LogP contribution in [-0.4, -0.2) is 108 Å². The summed E-state index contributed by atoms with van der Waals surface area (Å²) in [6.45, 7) is 12.1. The number of nitrogens with one attached hydrogen (secondary N) is 2. The predicted molar refractivity (Wildman–Crippen MR) is 234 cm³/mol. The topological polar surface area (TPSA) is 175 Å². The number of hydrogen-bond acceptors (Lipinski definition) is 12. The Kier molecular flexibility index (Phi) is 9.59. The first kappa shape index (κ1) is 38.6. The van der Waals surface area contributed by atoms with E-state index in [-0.39, 0.29) is 24.4 Å². The molecule has 4 aromatic heterocycles. The normalized spacial score (nSPS) is 20.8. The van der Waals surface area contributed by atoms with E-state index in [0.717, 1.165) is 85.6 Å². The summed E-state index contributed by atoms with van der Waals surface area (Å²) < 4.78 is 5.06. The molecule has 0 radical (unpaired) electrons. The van der Waals surface area contributed by atoms with Crippen LogP contribution in [0.3, 0.4) is 0 Å². The van der Waals surface area contributed by atoms with Crippen LogP contribution in [0.25, 0.3) is 27.8 Å². The van der Waals surface area contributed by atoms with Gasteiger partial charge in [0.25, 0.3) is 5.56 Å². The Morgan fingerprint density at radius 1 is 0.934 bits per heavy atom. The number of fused-ring (bicyclic) bond motifs is 3. The van der Waals surface area contributed by atoms with Crippen molar-refractivity contribution in [3.63, 3.8) is 0 Å². The van der Waals surface area contributed by atoms with Crippen LogP contribution in [0.1, 0.15) is 43.9 Å². The van der Waals surface area contributed by atoms with Gasteiger partial charge in [0, 0.05) is 94.0 Å². The van der Waals surface area contributed by atoms with E-state index in [1.54, 1.807) is 26.5 Å². The SMILES string of the molecule is C=CCn1c(=O)c2cnc(Nc3ccc(N4CCN(C5CCN(c6ccc7c(N8CCC(=O)NC8=O)nn(C)c7c6)C5)CC4)cc3)nc2n1-c1ccc2c(n1)[C@@](O)(CC)CC2. The smallest absolute Gasteiger partial charge is 0.329 e. The first-order valence-corrected chi connectivity index (χ1v) is 21.1. The maximum Gasteiger partial charge on any atom is 0.329 e.